The van der Waals surface area contributed by atoms with Gasteiger partial charge in [-0.2, -0.15) is 0 Å². The zero-order valence-electron chi connectivity index (χ0n) is 10.8. The molecule has 0 bridgehead atoms. The largest absolute Gasteiger partial charge is 0.398 e. The van der Waals surface area contributed by atoms with Gasteiger partial charge in [0, 0.05) is 0 Å². The first-order valence-corrected chi connectivity index (χ1v) is 7.99. The van der Waals surface area contributed by atoms with Gasteiger partial charge in [0.05, 0.1) is 21.4 Å². The molecule has 0 aliphatic rings. The third kappa shape index (κ3) is 3.23. The predicted octanol–water partition coefficient (Wildman–Crippen LogP) is 3.82. The Labute approximate surface area is 131 Å². The number of halogens is 3. The van der Waals surface area contributed by atoms with Gasteiger partial charge in [0.2, 0.25) is 0 Å². The number of hydrogen-bond donors (Lipinski definition) is 2. The minimum absolute atomic E-state index is 0.0296. The monoisotopic (exact) mass is 348 g/mol. The van der Waals surface area contributed by atoms with E-state index in [1.54, 1.807) is 13.0 Å². The molecule has 2 rings (SSSR count). The highest BCUT2D eigenvalue weighted by molar-refractivity contribution is 7.93. The highest BCUT2D eigenvalue weighted by Gasteiger charge is 2.21. The average Bonchev–Trinajstić information content (AvgIpc) is 2.42. The maximum Gasteiger partial charge on any atom is 0.264 e. The van der Waals surface area contributed by atoms with Gasteiger partial charge in [-0.3, -0.25) is 4.72 Å². The fourth-order valence-electron chi connectivity index (χ4n) is 1.68. The lowest BCUT2D eigenvalue weighted by Crippen LogP contribution is -2.16. The van der Waals surface area contributed by atoms with Crippen LogP contribution in [-0.4, -0.2) is 8.42 Å². The molecule has 8 heteroatoms. The number of aryl methyl sites for hydroxylation is 1. The van der Waals surface area contributed by atoms with Crippen LogP contribution in [0.2, 0.25) is 10.0 Å². The summed E-state index contributed by atoms with van der Waals surface area (Å²) in [5, 5.41) is 0.296. The molecule has 3 N–H and O–H groups in total. The van der Waals surface area contributed by atoms with Crippen molar-refractivity contribution in [3.05, 3.63) is 51.8 Å². The summed E-state index contributed by atoms with van der Waals surface area (Å²) >= 11 is 12.0. The molecule has 2 aromatic carbocycles. The summed E-state index contributed by atoms with van der Waals surface area (Å²) in [5.41, 5.74) is 6.18. The van der Waals surface area contributed by atoms with Crippen molar-refractivity contribution in [1.82, 2.24) is 0 Å². The summed E-state index contributed by atoms with van der Waals surface area (Å²) in [7, 11) is -4.11. The van der Waals surface area contributed by atoms with E-state index in [4.69, 9.17) is 28.9 Å². The van der Waals surface area contributed by atoms with Gasteiger partial charge in [-0.25, -0.2) is 12.8 Å². The molecular formula is C13H11Cl2FN2O2S. The number of hydrogen-bond acceptors (Lipinski definition) is 3. The molecule has 0 aliphatic carbocycles. The second-order valence-electron chi connectivity index (χ2n) is 4.34. The first-order chi connectivity index (χ1) is 9.72. The zero-order valence-corrected chi connectivity index (χ0v) is 13.2. The molecule has 0 spiro atoms. The molecule has 4 nitrogen and oxygen atoms in total. The van der Waals surface area contributed by atoms with Crippen molar-refractivity contribution in [3.63, 3.8) is 0 Å². The highest BCUT2D eigenvalue weighted by Crippen LogP contribution is 2.35. The summed E-state index contributed by atoms with van der Waals surface area (Å²) in [6.45, 7) is 1.70. The Bertz CT molecular complexity index is 810. The molecule has 0 aromatic heterocycles. The standard InChI is InChI=1S/C13H11Cl2FN2O2S/c1-7-2-4-9(14)13(12(7)15)18-21(19,20)11-6-8(16)3-5-10(11)17/h2-6,18H,17H2,1H3. The van der Waals surface area contributed by atoms with Crippen molar-refractivity contribution in [2.45, 2.75) is 11.8 Å². The summed E-state index contributed by atoms with van der Waals surface area (Å²) in [5.74, 6) is -0.717. The van der Waals surface area contributed by atoms with Crippen molar-refractivity contribution in [3.8, 4) is 0 Å². The van der Waals surface area contributed by atoms with Crippen molar-refractivity contribution in [2.24, 2.45) is 0 Å². The van der Waals surface area contributed by atoms with Crippen LogP contribution in [0.3, 0.4) is 0 Å². The number of sulfonamides is 1. The minimum Gasteiger partial charge on any atom is -0.398 e. The van der Waals surface area contributed by atoms with Gasteiger partial charge < -0.3 is 5.73 Å². The summed E-state index contributed by atoms with van der Waals surface area (Å²) in [6.07, 6.45) is 0. The quantitative estimate of drug-likeness (QED) is 0.828. The van der Waals surface area contributed by atoms with Crippen molar-refractivity contribution in [1.29, 1.82) is 0 Å². The van der Waals surface area contributed by atoms with Crippen LogP contribution in [0.4, 0.5) is 15.8 Å². The van der Waals surface area contributed by atoms with Gasteiger partial charge in [-0.15, -0.1) is 0 Å². The fourth-order valence-corrected chi connectivity index (χ4v) is 3.49. The van der Waals surface area contributed by atoms with E-state index in [1.807, 2.05) is 0 Å². The molecule has 0 atom stereocenters. The molecule has 0 aliphatic heterocycles. The Balaban J connectivity index is 2.53. The lowest BCUT2D eigenvalue weighted by Gasteiger charge is -2.14. The number of nitrogens with two attached hydrogens (primary N) is 1. The van der Waals surface area contributed by atoms with Crippen LogP contribution in [-0.2, 0) is 10.0 Å². The summed E-state index contributed by atoms with van der Waals surface area (Å²) in [4.78, 5) is -0.379. The van der Waals surface area contributed by atoms with Crippen LogP contribution in [0.5, 0.6) is 0 Å². The van der Waals surface area contributed by atoms with Crippen LogP contribution >= 0.6 is 23.2 Å². The predicted molar refractivity (Wildman–Crippen MR) is 82.8 cm³/mol. The third-order valence-electron chi connectivity index (χ3n) is 2.79. The maximum atomic E-state index is 13.2. The Morgan fingerprint density at radius 2 is 1.86 bits per heavy atom. The van der Waals surface area contributed by atoms with Crippen molar-refractivity contribution >= 4 is 44.6 Å². The summed E-state index contributed by atoms with van der Waals surface area (Å²) in [6, 6.07) is 6.23. The molecule has 0 radical (unpaired) electrons. The van der Waals surface area contributed by atoms with E-state index in [9.17, 15) is 12.8 Å². The van der Waals surface area contributed by atoms with Crippen molar-refractivity contribution in [2.75, 3.05) is 10.5 Å². The molecule has 21 heavy (non-hydrogen) atoms. The number of rotatable bonds is 3. The van der Waals surface area contributed by atoms with Gasteiger partial charge in [-0.1, -0.05) is 29.3 Å². The number of benzene rings is 2. The van der Waals surface area contributed by atoms with Gasteiger partial charge in [0.25, 0.3) is 10.0 Å². The number of nitrogens with one attached hydrogen (secondary N) is 1. The lowest BCUT2D eigenvalue weighted by atomic mass is 10.2. The van der Waals surface area contributed by atoms with Crippen LogP contribution in [0.15, 0.2) is 35.2 Å². The van der Waals surface area contributed by atoms with E-state index in [0.29, 0.717) is 5.56 Å². The molecule has 0 heterocycles. The normalized spacial score (nSPS) is 11.4. The molecule has 0 unspecified atom stereocenters. The molecule has 2 aromatic rings. The van der Waals surface area contributed by atoms with Crippen molar-refractivity contribution < 1.29 is 12.8 Å². The SMILES string of the molecule is Cc1ccc(Cl)c(NS(=O)(=O)c2cc(F)ccc2N)c1Cl. The Hall–Kier alpha value is -1.50. The Morgan fingerprint density at radius 1 is 1.19 bits per heavy atom. The van der Waals surface area contributed by atoms with Gasteiger partial charge >= 0.3 is 0 Å². The first-order valence-electron chi connectivity index (χ1n) is 5.75. The number of nitrogen functional groups attached to an aromatic ring is 1. The average molecular weight is 349 g/mol. The van der Waals surface area contributed by atoms with Crippen LogP contribution in [0.1, 0.15) is 5.56 Å². The van der Waals surface area contributed by atoms with E-state index in [0.717, 1.165) is 12.1 Å². The van der Waals surface area contributed by atoms with Gasteiger partial charge in [0.15, 0.2) is 0 Å². The highest BCUT2D eigenvalue weighted by atomic mass is 35.5. The topological polar surface area (TPSA) is 72.2 Å². The second kappa shape index (κ2) is 5.71. The van der Waals surface area contributed by atoms with E-state index < -0.39 is 15.8 Å². The van der Waals surface area contributed by atoms with Gasteiger partial charge in [0.1, 0.15) is 10.7 Å². The summed E-state index contributed by atoms with van der Waals surface area (Å²) < 4.78 is 40.1. The molecule has 0 fully saturated rings. The lowest BCUT2D eigenvalue weighted by molar-refractivity contribution is 0.596. The molecule has 0 saturated heterocycles. The van der Waals surface area contributed by atoms with Crippen LogP contribution in [0, 0.1) is 12.7 Å². The molecule has 0 amide bonds. The van der Waals surface area contributed by atoms with Crippen LogP contribution < -0.4 is 10.5 Å². The third-order valence-corrected chi connectivity index (χ3v) is 4.99. The maximum absolute atomic E-state index is 13.2. The fraction of sp³-hybridized carbons (Fsp3) is 0.0769. The van der Waals surface area contributed by atoms with Crippen LogP contribution in [0.25, 0.3) is 0 Å². The van der Waals surface area contributed by atoms with E-state index in [1.165, 1.54) is 12.1 Å². The zero-order chi connectivity index (χ0) is 15.8. The minimum atomic E-state index is -4.11. The van der Waals surface area contributed by atoms with E-state index in [-0.39, 0.29) is 26.3 Å². The smallest absolute Gasteiger partial charge is 0.264 e. The molecular weight excluding hydrogens is 338 g/mol. The first kappa shape index (κ1) is 15.9. The Morgan fingerprint density at radius 3 is 2.52 bits per heavy atom. The second-order valence-corrected chi connectivity index (χ2v) is 6.78. The molecule has 112 valence electrons. The van der Waals surface area contributed by atoms with Gasteiger partial charge in [-0.05, 0) is 36.8 Å². The number of anilines is 2. The van der Waals surface area contributed by atoms with E-state index in [2.05, 4.69) is 4.72 Å². The molecule has 0 saturated carbocycles. The van der Waals surface area contributed by atoms with E-state index >= 15 is 0 Å². The Kier molecular flexibility index (Phi) is 4.32.